The summed E-state index contributed by atoms with van der Waals surface area (Å²) in [6.45, 7) is 11.7. The SMILES string of the molecule is CC(C)NC(=O)COc1ccc(-c2nc(Nc3ccc(NC4CCCCO4)c(C=N)c3)nn2COCC[Si](C)(C)C)cc1F. The number of rotatable bonds is 15. The van der Waals surface area contributed by atoms with Crippen molar-refractivity contribution >= 4 is 37.5 Å². The van der Waals surface area contributed by atoms with E-state index in [4.69, 9.17) is 19.6 Å². The summed E-state index contributed by atoms with van der Waals surface area (Å²) in [6, 6.07) is 11.0. The highest BCUT2D eigenvalue weighted by molar-refractivity contribution is 6.76. The van der Waals surface area contributed by atoms with Gasteiger partial charge in [-0.25, -0.2) is 9.07 Å². The minimum Gasteiger partial charge on any atom is -0.481 e. The zero-order valence-corrected chi connectivity index (χ0v) is 27.2. The maximum atomic E-state index is 15.1. The average molecular weight is 626 g/mol. The fourth-order valence-corrected chi connectivity index (χ4v) is 5.30. The number of halogens is 1. The van der Waals surface area contributed by atoms with Crippen molar-refractivity contribution < 1.29 is 23.4 Å². The van der Waals surface area contributed by atoms with Crippen LogP contribution in [0.4, 0.5) is 21.7 Å². The summed E-state index contributed by atoms with van der Waals surface area (Å²) in [5.41, 5.74) is 2.67. The van der Waals surface area contributed by atoms with Crippen LogP contribution in [0.2, 0.25) is 25.7 Å². The number of hydrogen-bond donors (Lipinski definition) is 4. The highest BCUT2D eigenvalue weighted by Crippen LogP contribution is 2.28. The van der Waals surface area contributed by atoms with Gasteiger partial charge < -0.3 is 35.6 Å². The third-order valence-corrected chi connectivity index (χ3v) is 8.54. The Morgan fingerprint density at radius 2 is 2.05 bits per heavy atom. The van der Waals surface area contributed by atoms with Crippen molar-refractivity contribution in [3.8, 4) is 17.1 Å². The zero-order valence-electron chi connectivity index (χ0n) is 26.2. The molecule has 1 amide bonds. The number of amides is 1. The van der Waals surface area contributed by atoms with Crippen LogP contribution in [-0.2, 0) is 21.0 Å². The summed E-state index contributed by atoms with van der Waals surface area (Å²) in [5.74, 6) is -0.276. The Kier molecular flexibility index (Phi) is 11.5. The Balaban J connectivity index is 1.53. The van der Waals surface area contributed by atoms with E-state index in [9.17, 15) is 4.79 Å². The first-order valence-corrected chi connectivity index (χ1v) is 18.8. The van der Waals surface area contributed by atoms with Crippen LogP contribution in [0.15, 0.2) is 36.4 Å². The molecule has 0 saturated carbocycles. The molecule has 13 heteroatoms. The Morgan fingerprint density at radius 3 is 2.73 bits per heavy atom. The van der Waals surface area contributed by atoms with E-state index >= 15 is 4.39 Å². The van der Waals surface area contributed by atoms with E-state index in [0.29, 0.717) is 35.2 Å². The molecule has 238 valence electrons. The molecule has 4 rings (SSSR count). The lowest BCUT2D eigenvalue weighted by atomic mass is 10.1. The summed E-state index contributed by atoms with van der Waals surface area (Å²) in [4.78, 5) is 16.6. The summed E-state index contributed by atoms with van der Waals surface area (Å²) in [6.07, 6.45) is 4.30. The van der Waals surface area contributed by atoms with E-state index in [1.807, 2.05) is 32.0 Å². The highest BCUT2D eigenvalue weighted by Gasteiger charge is 2.18. The van der Waals surface area contributed by atoms with Gasteiger partial charge in [-0.3, -0.25) is 4.79 Å². The number of ether oxygens (including phenoxy) is 3. The molecule has 1 saturated heterocycles. The van der Waals surface area contributed by atoms with Crippen molar-refractivity contribution in [1.82, 2.24) is 20.1 Å². The lowest BCUT2D eigenvalue weighted by Crippen LogP contribution is -2.34. The number of nitrogens with one attached hydrogen (secondary N) is 4. The van der Waals surface area contributed by atoms with E-state index in [0.717, 1.165) is 37.6 Å². The van der Waals surface area contributed by atoms with E-state index in [1.54, 1.807) is 10.7 Å². The van der Waals surface area contributed by atoms with Crippen molar-refractivity contribution in [3.63, 3.8) is 0 Å². The third-order valence-electron chi connectivity index (χ3n) is 6.84. The monoisotopic (exact) mass is 625 g/mol. The second kappa shape index (κ2) is 15.3. The van der Waals surface area contributed by atoms with E-state index in [-0.39, 0.29) is 37.3 Å². The quantitative estimate of drug-likeness (QED) is 0.0921. The largest absolute Gasteiger partial charge is 0.481 e. The Bertz CT molecular complexity index is 1420. The summed E-state index contributed by atoms with van der Waals surface area (Å²) < 4.78 is 33.8. The normalized spacial score (nSPS) is 15.2. The van der Waals surface area contributed by atoms with Crippen LogP contribution in [0.5, 0.6) is 5.75 Å². The van der Waals surface area contributed by atoms with Crippen molar-refractivity contribution in [2.75, 3.05) is 30.5 Å². The number of aromatic nitrogens is 3. The van der Waals surface area contributed by atoms with Gasteiger partial charge in [-0.2, -0.15) is 4.98 Å². The van der Waals surface area contributed by atoms with Crippen LogP contribution in [0, 0.1) is 11.2 Å². The second-order valence-corrected chi connectivity index (χ2v) is 18.0. The topological polar surface area (TPSA) is 135 Å². The van der Waals surface area contributed by atoms with Gasteiger partial charge in [0.15, 0.2) is 24.0 Å². The number of hydrogen-bond acceptors (Lipinski definition) is 9. The van der Waals surface area contributed by atoms with Gasteiger partial charge >= 0.3 is 0 Å². The fraction of sp³-hybridized carbons (Fsp3) is 0.484. The van der Waals surface area contributed by atoms with E-state index in [2.05, 4.69) is 45.7 Å². The Hall–Kier alpha value is -3.81. The van der Waals surface area contributed by atoms with Crippen LogP contribution < -0.4 is 20.7 Å². The summed E-state index contributed by atoms with van der Waals surface area (Å²) in [5, 5.41) is 21.9. The van der Waals surface area contributed by atoms with Gasteiger partial charge in [0, 0.05) is 56.0 Å². The first-order chi connectivity index (χ1) is 21.0. The molecule has 1 aliphatic rings. The number of carbonyl (C=O) groups is 1. The smallest absolute Gasteiger partial charge is 0.258 e. The Labute approximate surface area is 259 Å². The highest BCUT2D eigenvalue weighted by atomic mass is 28.3. The number of anilines is 3. The molecule has 11 nitrogen and oxygen atoms in total. The average Bonchev–Trinajstić information content (AvgIpc) is 3.37. The first-order valence-electron chi connectivity index (χ1n) is 15.0. The molecule has 44 heavy (non-hydrogen) atoms. The standard InChI is InChI=1S/C31H44FN7O4Si/c1-21(2)34-28(40)19-43-27-12-9-22(17-25(27)32)30-37-31(38-39(30)20-41-14-15-44(3,4)5)35-24-10-11-26(23(16-24)18-33)36-29-8-6-7-13-42-29/h9-12,16-18,21,29,33,36H,6-8,13-15,19-20H2,1-5H3,(H,34,40)(H,35,38). The number of benzene rings is 2. The van der Waals surface area contributed by atoms with Crippen molar-refractivity contribution in [2.45, 2.75) is 77.8 Å². The maximum absolute atomic E-state index is 15.1. The van der Waals surface area contributed by atoms with Crippen LogP contribution in [0.25, 0.3) is 11.4 Å². The molecule has 0 spiro atoms. The van der Waals surface area contributed by atoms with Crippen molar-refractivity contribution in [2.24, 2.45) is 0 Å². The van der Waals surface area contributed by atoms with Gasteiger partial charge in [-0.15, -0.1) is 5.10 Å². The minimum atomic E-state index is -1.29. The lowest BCUT2D eigenvalue weighted by Gasteiger charge is -2.25. The summed E-state index contributed by atoms with van der Waals surface area (Å²) >= 11 is 0. The summed E-state index contributed by atoms with van der Waals surface area (Å²) in [7, 11) is -1.29. The van der Waals surface area contributed by atoms with Crippen LogP contribution in [0.1, 0.15) is 38.7 Å². The van der Waals surface area contributed by atoms with Gasteiger partial charge in [0.2, 0.25) is 5.95 Å². The van der Waals surface area contributed by atoms with E-state index in [1.165, 1.54) is 18.3 Å². The van der Waals surface area contributed by atoms with E-state index < -0.39 is 13.9 Å². The van der Waals surface area contributed by atoms with Crippen LogP contribution >= 0.6 is 0 Å². The molecule has 2 heterocycles. The van der Waals surface area contributed by atoms with Gasteiger partial charge in [0.05, 0.1) is 0 Å². The minimum absolute atomic E-state index is 0.0324. The predicted molar refractivity (Wildman–Crippen MR) is 173 cm³/mol. The molecule has 4 N–H and O–H groups in total. The van der Waals surface area contributed by atoms with Crippen LogP contribution in [-0.4, -0.2) is 67.1 Å². The lowest BCUT2D eigenvalue weighted by molar-refractivity contribution is -0.123. The molecule has 1 fully saturated rings. The molecule has 0 radical (unpaired) electrons. The molecule has 1 aliphatic heterocycles. The predicted octanol–water partition coefficient (Wildman–Crippen LogP) is 5.98. The molecule has 1 aromatic heterocycles. The van der Waals surface area contributed by atoms with Crippen molar-refractivity contribution in [3.05, 3.63) is 47.8 Å². The molecule has 1 atom stereocenters. The van der Waals surface area contributed by atoms with Crippen LogP contribution in [0.3, 0.4) is 0 Å². The second-order valence-electron chi connectivity index (χ2n) is 12.3. The molecule has 0 bridgehead atoms. The number of nitrogens with zero attached hydrogens (tertiary/aromatic N) is 3. The van der Waals surface area contributed by atoms with Gasteiger partial charge in [0.1, 0.15) is 13.0 Å². The molecular weight excluding hydrogens is 581 g/mol. The molecule has 1 unspecified atom stereocenters. The number of carbonyl (C=O) groups excluding carboxylic acids is 1. The molecule has 3 aromatic rings. The zero-order chi connectivity index (χ0) is 31.7. The first kappa shape index (κ1) is 33.1. The molecule has 2 aromatic carbocycles. The molecule has 0 aliphatic carbocycles. The van der Waals surface area contributed by atoms with Crippen molar-refractivity contribution in [1.29, 1.82) is 5.41 Å². The van der Waals surface area contributed by atoms with Gasteiger partial charge in [-0.05, 0) is 75.6 Å². The fourth-order valence-electron chi connectivity index (χ4n) is 4.54. The molecular formula is C31H44FN7O4Si. The van der Waals surface area contributed by atoms with Gasteiger partial charge in [-0.1, -0.05) is 19.6 Å². The van der Waals surface area contributed by atoms with Gasteiger partial charge in [0.25, 0.3) is 5.91 Å². The Morgan fingerprint density at radius 1 is 1.23 bits per heavy atom. The third kappa shape index (κ3) is 9.86. The maximum Gasteiger partial charge on any atom is 0.258 e.